The average Bonchev–Trinajstić information content (AvgIpc) is 2.94. The molecule has 1 aliphatic rings. The summed E-state index contributed by atoms with van der Waals surface area (Å²) in [6.07, 6.45) is 6.11. The molecular formula is C16H24N2O2S. The summed E-state index contributed by atoms with van der Waals surface area (Å²) in [4.78, 5) is 12.1. The molecule has 2 rings (SSSR count). The second-order valence-corrected chi connectivity index (χ2v) is 6.58. The van der Waals surface area contributed by atoms with Gasteiger partial charge in [0.1, 0.15) is 0 Å². The average molecular weight is 308 g/mol. The molecule has 1 aromatic rings. The molecule has 1 saturated carbocycles. The number of thioether (sulfide) groups is 1. The lowest BCUT2D eigenvalue weighted by Gasteiger charge is -2.22. The summed E-state index contributed by atoms with van der Waals surface area (Å²) < 4.78 is 0. The van der Waals surface area contributed by atoms with Crippen molar-refractivity contribution in [1.82, 2.24) is 10.6 Å². The van der Waals surface area contributed by atoms with Crippen LogP contribution in [0.4, 0.5) is 4.79 Å². The van der Waals surface area contributed by atoms with Crippen molar-refractivity contribution in [1.29, 1.82) is 0 Å². The van der Waals surface area contributed by atoms with Gasteiger partial charge in [-0.3, -0.25) is 0 Å². The first-order valence-corrected chi connectivity index (χ1v) is 8.76. The molecule has 0 radical (unpaired) electrons. The van der Waals surface area contributed by atoms with E-state index in [9.17, 15) is 9.90 Å². The fourth-order valence-corrected chi connectivity index (χ4v) is 3.76. The normalized spacial score (nSPS) is 22.8. The lowest BCUT2D eigenvalue weighted by Crippen LogP contribution is -2.49. The van der Waals surface area contributed by atoms with E-state index in [4.69, 9.17) is 0 Å². The number of carbonyl (C=O) groups excluding carboxylic acids is 1. The van der Waals surface area contributed by atoms with Crippen LogP contribution in [0.1, 0.15) is 24.8 Å². The molecule has 4 nitrogen and oxygen atoms in total. The number of rotatable bonds is 6. The van der Waals surface area contributed by atoms with Crippen molar-refractivity contribution in [2.75, 3.05) is 12.9 Å². The molecule has 0 spiro atoms. The predicted molar refractivity (Wildman–Crippen MR) is 87.6 cm³/mol. The maximum Gasteiger partial charge on any atom is 0.315 e. The summed E-state index contributed by atoms with van der Waals surface area (Å²) in [5.41, 5.74) is 1.11. The fraction of sp³-hybridized carbons (Fsp3) is 0.562. The minimum absolute atomic E-state index is 0.0566. The van der Waals surface area contributed by atoms with Gasteiger partial charge in [-0.05, 0) is 31.1 Å². The third-order valence-corrected chi connectivity index (χ3v) is 5.12. The van der Waals surface area contributed by atoms with Gasteiger partial charge in [-0.1, -0.05) is 36.8 Å². The van der Waals surface area contributed by atoms with Crippen LogP contribution >= 0.6 is 11.8 Å². The van der Waals surface area contributed by atoms with Gasteiger partial charge in [0, 0.05) is 11.3 Å². The van der Waals surface area contributed by atoms with Gasteiger partial charge >= 0.3 is 6.03 Å². The lowest BCUT2D eigenvalue weighted by atomic mass is 10.1. The quantitative estimate of drug-likeness (QED) is 0.755. The highest BCUT2D eigenvalue weighted by Gasteiger charge is 2.28. The van der Waals surface area contributed by atoms with Crippen molar-refractivity contribution in [3.8, 4) is 0 Å². The van der Waals surface area contributed by atoms with Crippen LogP contribution in [0.15, 0.2) is 30.3 Å². The summed E-state index contributed by atoms with van der Waals surface area (Å²) in [6.45, 7) is -0.0566. The molecule has 5 heteroatoms. The standard InChI is InChI=1S/C16H24N2O2S/c1-21-15-9-5-8-14(15)18-16(20)17-13(11-19)10-12-6-3-2-4-7-12/h2-4,6-7,13-15,19H,5,8-11H2,1H3,(H2,17,18,20)/t13-,14+,15-/m1/s1. The van der Waals surface area contributed by atoms with Crippen LogP contribution in [0, 0.1) is 0 Å². The molecule has 1 aliphatic carbocycles. The number of aliphatic hydroxyl groups is 1. The maximum absolute atomic E-state index is 12.1. The number of aliphatic hydroxyl groups excluding tert-OH is 1. The SMILES string of the molecule is CS[C@@H]1CCC[C@@H]1NC(=O)N[C@@H](CO)Cc1ccccc1. The van der Waals surface area contributed by atoms with E-state index in [1.54, 1.807) is 0 Å². The Morgan fingerprint density at radius 3 is 2.81 bits per heavy atom. The highest BCUT2D eigenvalue weighted by Crippen LogP contribution is 2.28. The molecule has 116 valence electrons. The minimum atomic E-state index is -0.249. The Morgan fingerprint density at radius 2 is 2.14 bits per heavy atom. The van der Waals surface area contributed by atoms with Crippen LogP contribution in [0.25, 0.3) is 0 Å². The van der Waals surface area contributed by atoms with Crippen LogP contribution in [0.2, 0.25) is 0 Å². The van der Waals surface area contributed by atoms with Crippen molar-refractivity contribution in [2.24, 2.45) is 0 Å². The number of urea groups is 1. The molecule has 0 unspecified atom stereocenters. The van der Waals surface area contributed by atoms with Crippen LogP contribution in [0.3, 0.4) is 0 Å². The third kappa shape index (κ3) is 4.93. The number of hydrogen-bond acceptors (Lipinski definition) is 3. The van der Waals surface area contributed by atoms with Gasteiger partial charge in [0.2, 0.25) is 0 Å². The number of hydrogen-bond donors (Lipinski definition) is 3. The molecule has 0 aromatic heterocycles. The summed E-state index contributed by atoms with van der Waals surface area (Å²) in [5, 5.41) is 15.9. The van der Waals surface area contributed by atoms with E-state index in [0.717, 1.165) is 12.0 Å². The van der Waals surface area contributed by atoms with E-state index in [-0.39, 0.29) is 24.7 Å². The predicted octanol–water partition coefficient (Wildman–Crippen LogP) is 2.17. The maximum atomic E-state index is 12.1. The first-order valence-electron chi connectivity index (χ1n) is 7.47. The molecule has 2 amide bonds. The Bertz CT molecular complexity index is 441. The molecule has 0 aliphatic heterocycles. The van der Waals surface area contributed by atoms with Crippen LogP contribution in [-0.4, -0.2) is 41.3 Å². The number of carbonyl (C=O) groups is 1. The molecule has 21 heavy (non-hydrogen) atoms. The minimum Gasteiger partial charge on any atom is -0.394 e. The van der Waals surface area contributed by atoms with Crippen molar-refractivity contribution < 1.29 is 9.90 Å². The van der Waals surface area contributed by atoms with Crippen molar-refractivity contribution in [2.45, 2.75) is 43.0 Å². The Morgan fingerprint density at radius 1 is 1.38 bits per heavy atom. The number of nitrogens with one attached hydrogen (secondary N) is 2. The zero-order valence-corrected chi connectivity index (χ0v) is 13.2. The zero-order chi connectivity index (χ0) is 15.1. The molecule has 0 heterocycles. The largest absolute Gasteiger partial charge is 0.394 e. The summed E-state index contributed by atoms with van der Waals surface area (Å²) in [6, 6.07) is 9.72. The smallest absolute Gasteiger partial charge is 0.315 e. The topological polar surface area (TPSA) is 61.4 Å². The third-order valence-electron chi connectivity index (χ3n) is 3.95. The molecule has 1 fully saturated rings. The number of amides is 2. The second-order valence-electron chi connectivity index (χ2n) is 5.50. The van der Waals surface area contributed by atoms with E-state index in [1.807, 2.05) is 42.1 Å². The van der Waals surface area contributed by atoms with Gasteiger partial charge in [0.05, 0.1) is 12.6 Å². The van der Waals surface area contributed by atoms with Gasteiger partial charge in [-0.2, -0.15) is 11.8 Å². The fourth-order valence-electron chi connectivity index (χ4n) is 2.83. The first-order chi connectivity index (χ1) is 10.2. The van der Waals surface area contributed by atoms with E-state index in [2.05, 4.69) is 16.9 Å². The first kappa shape index (κ1) is 16.2. The zero-order valence-electron chi connectivity index (χ0n) is 12.4. The molecule has 3 atom stereocenters. The second kappa shape index (κ2) is 8.29. The van der Waals surface area contributed by atoms with Gasteiger partial charge in [-0.25, -0.2) is 4.79 Å². The van der Waals surface area contributed by atoms with Crippen LogP contribution in [0.5, 0.6) is 0 Å². The van der Waals surface area contributed by atoms with E-state index in [1.165, 1.54) is 12.8 Å². The van der Waals surface area contributed by atoms with Crippen molar-refractivity contribution >= 4 is 17.8 Å². The van der Waals surface area contributed by atoms with E-state index < -0.39 is 0 Å². The highest BCUT2D eigenvalue weighted by molar-refractivity contribution is 7.99. The Balaban J connectivity index is 1.82. The molecular weight excluding hydrogens is 284 g/mol. The summed E-state index contributed by atoms with van der Waals surface area (Å²) in [5.74, 6) is 0. The van der Waals surface area contributed by atoms with E-state index >= 15 is 0 Å². The lowest BCUT2D eigenvalue weighted by molar-refractivity contribution is 0.213. The molecule has 0 saturated heterocycles. The monoisotopic (exact) mass is 308 g/mol. The Hall–Kier alpha value is -1.20. The van der Waals surface area contributed by atoms with Crippen molar-refractivity contribution in [3.63, 3.8) is 0 Å². The Kier molecular flexibility index (Phi) is 6.39. The highest BCUT2D eigenvalue weighted by atomic mass is 32.2. The van der Waals surface area contributed by atoms with E-state index in [0.29, 0.717) is 11.7 Å². The summed E-state index contributed by atoms with van der Waals surface area (Å²) >= 11 is 1.82. The summed E-state index contributed by atoms with van der Waals surface area (Å²) in [7, 11) is 0. The van der Waals surface area contributed by atoms with Gasteiger partial charge in [0.25, 0.3) is 0 Å². The van der Waals surface area contributed by atoms with Crippen molar-refractivity contribution in [3.05, 3.63) is 35.9 Å². The van der Waals surface area contributed by atoms with Gasteiger partial charge in [-0.15, -0.1) is 0 Å². The number of benzene rings is 1. The molecule has 0 bridgehead atoms. The molecule has 1 aromatic carbocycles. The molecule has 3 N–H and O–H groups in total. The van der Waals surface area contributed by atoms with Crippen LogP contribution in [-0.2, 0) is 6.42 Å². The van der Waals surface area contributed by atoms with Gasteiger partial charge in [0.15, 0.2) is 0 Å². The van der Waals surface area contributed by atoms with Gasteiger partial charge < -0.3 is 15.7 Å². The van der Waals surface area contributed by atoms with Crippen LogP contribution < -0.4 is 10.6 Å². The Labute approximate surface area is 130 Å².